The van der Waals surface area contributed by atoms with Crippen LogP contribution in [0.15, 0.2) is 18.2 Å². The lowest BCUT2D eigenvalue weighted by Gasteiger charge is -2.32. The summed E-state index contributed by atoms with van der Waals surface area (Å²) in [6.45, 7) is 13.4. The highest BCUT2D eigenvalue weighted by molar-refractivity contribution is 5.70. The monoisotopic (exact) mass is 596 g/mol. The van der Waals surface area contributed by atoms with Gasteiger partial charge in [0.15, 0.2) is 11.5 Å². The van der Waals surface area contributed by atoms with Crippen LogP contribution in [0.5, 0.6) is 11.5 Å². The molecule has 10 nitrogen and oxygen atoms in total. The first-order valence-corrected chi connectivity index (χ1v) is 15.2. The first-order chi connectivity index (χ1) is 19.8. The Labute approximate surface area is 252 Å². The van der Waals surface area contributed by atoms with E-state index in [4.69, 9.17) is 24.7 Å². The first-order valence-electron chi connectivity index (χ1n) is 15.2. The molecule has 10 heteroatoms. The van der Waals surface area contributed by atoms with Gasteiger partial charge in [-0.3, -0.25) is 4.79 Å². The maximum absolute atomic E-state index is 12.7. The third-order valence-corrected chi connectivity index (χ3v) is 7.05. The Kier molecular flexibility index (Phi) is 17.5. The number of nitrogens with two attached hydrogens (primary N) is 1. The van der Waals surface area contributed by atoms with Crippen molar-refractivity contribution >= 4 is 12.1 Å². The number of carbonyl (C=O) groups is 2. The molecular weight excluding hydrogens is 540 g/mol. The molecule has 0 radical (unpaired) electrons. The average molecular weight is 597 g/mol. The summed E-state index contributed by atoms with van der Waals surface area (Å²) >= 11 is 0. The minimum atomic E-state index is -1.06. The molecule has 0 saturated heterocycles. The number of aliphatic carboxylic acids is 1. The Morgan fingerprint density at radius 3 is 2.21 bits per heavy atom. The number of benzene rings is 1. The minimum absolute atomic E-state index is 0.0113. The number of nitrogens with one attached hydrogen (secondary N) is 1. The fourth-order valence-corrected chi connectivity index (χ4v) is 4.52. The van der Waals surface area contributed by atoms with Crippen molar-refractivity contribution < 1.29 is 38.7 Å². The number of ether oxygens (including phenoxy) is 4. The number of carboxylic acid groups (broad SMARTS) is 1. The highest BCUT2D eigenvalue weighted by Crippen LogP contribution is 2.32. The van der Waals surface area contributed by atoms with Gasteiger partial charge in [0.25, 0.3) is 0 Å². The largest absolute Gasteiger partial charge is 0.490 e. The quantitative estimate of drug-likeness (QED) is 0.141. The minimum Gasteiger partial charge on any atom is -0.490 e. The molecule has 0 fully saturated rings. The van der Waals surface area contributed by atoms with Crippen molar-refractivity contribution in [3.63, 3.8) is 0 Å². The average Bonchev–Trinajstić information content (AvgIpc) is 2.89. The molecule has 1 rings (SSSR count). The molecule has 0 aliphatic carbocycles. The van der Waals surface area contributed by atoms with Gasteiger partial charge >= 0.3 is 12.1 Å². The molecule has 4 atom stereocenters. The van der Waals surface area contributed by atoms with Crippen LogP contribution in [0.2, 0.25) is 0 Å². The Bertz CT molecular complexity index is 918. The number of carboxylic acids is 1. The van der Waals surface area contributed by atoms with Gasteiger partial charge in [-0.1, -0.05) is 26.8 Å². The lowest BCUT2D eigenvalue weighted by molar-refractivity contribution is -0.142. The van der Waals surface area contributed by atoms with E-state index in [-0.39, 0.29) is 18.3 Å². The Hall–Kier alpha value is -2.56. The molecule has 1 aromatic rings. The Morgan fingerprint density at radius 1 is 0.952 bits per heavy atom. The fourth-order valence-electron chi connectivity index (χ4n) is 4.52. The summed E-state index contributed by atoms with van der Waals surface area (Å²) in [6, 6.07) is 5.26. The molecule has 42 heavy (non-hydrogen) atoms. The summed E-state index contributed by atoms with van der Waals surface area (Å²) in [7, 11) is 1.66. The van der Waals surface area contributed by atoms with Crippen molar-refractivity contribution in [2.45, 2.75) is 104 Å². The number of hydrogen-bond donors (Lipinski definition) is 4. The summed E-state index contributed by atoms with van der Waals surface area (Å²) in [5.41, 5.74) is 5.92. The van der Waals surface area contributed by atoms with Crippen LogP contribution in [0.25, 0.3) is 0 Å². The maximum atomic E-state index is 12.7. The van der Waals surface area contributed by atoms with E-state index in [1.54, 1.807) is 34.8 Å². The van der Waals surface area contributed by atoms with Gasteiger partial charge in [0.2, 0.25) is 0 Å². The van der Waals surface area contributed by atoms with Crippen LogP contribution >= 0.6 is 0 Å². The second-order valence-electron chi connectivity index (χ2n) is 12.4. The Balaban J connectivity index is 3.14. The molecule has 0 aromatic heterocycles. The first kappa shape index (κ1) is 37.5. The standard InChI is InChI=1S/C32H56N2O8/c1-22(2)25(21-26(27(35)18-23(3)30(36)37)34-31(38)42-32(4,5)6)19-24-12-13-28(40-16-10-8-9-14-33)29(20-24)41-17-11-15-39-7/h12-13,20,22-23,25-27,35H,8-11,14-19,21,33H2,1-7H3,(H,34,38)(H,36,37)/t23-,25+,26+,27+/m1/s1. The summed E-state index contributed by atoms with van der Waals surface area (Å²) in [4.78, 5) is 24.1. The molecule has 0 aliphatic rings. The number of hydrogen-bond acceptors (Lipinski definition) is 8. The van der Waals surface area contributed by atoms with Crippen molar-refractivity contribution in [2.75, 3.05) is 33.5 Å². The lowest BCUT2D eigenvalue weighted by atomic mass is 9.82. The van der Waals surface area contributed by atoms with Crippen molar-refractivity contribution in [1.29, 1.82) is 0 Å². The van der Waals surface area contributed by atoms with E-state index in [0.717, 1.165) is 31.2 Å². The van der Waals surface area contributed by atoms with Crippen LogP contribution in [0, 0.1) is 17.8 Å². The van der Waals surface area contributed by atoms with E-state index in [0.29, 0.717) is 50.7 Å². The molecule has 0 saturated carbocycles. The van der Waals surface area contributed by atoms with E-state index in [9.17, 15) is 19.8 Å². The van der Waals surface area contributed by atoms with Crippen molar-refractivity contribution in [3.05, 3.63) is 23.8 Å². The summed E-state index contributed by atoms with van der Waals surface area (Å²) in [5, 5.41) is 23.2. The molecule has 242 valence electrons. The zero-order valence-electron chi connectivity index (χ0n) is 26.8. The van der Waals surface area contributed by atoms with Gasteiger partial charge in [0.1, 0.15) is 5.60 Å². The summed E-state index contributed by atoms with van der Waals surface area (Å²) in [6.07, 6.45) is 3.04. The third-order valence-electron chi connectivity index (χ3n) is 7.05. The second-order valence-corrected chi connectivity index (χ2v) is 12.4. The lowest BCUT2D eigenvalue weighted by Crippen LogP contribution is -2.47. The van der Waals surface area contributed by atoms with Gasteiger partial charge in [0, 0.05) is 20.1 Å². The number of alkyl carbamates (subject to hydrolysis) is 1. The van der Waals surface area contributed by atoms with Gasteiger partial charge < -0.3 is 40.2 Å². The zero-order valence-corrected chi connectivity index (χ0v) is 26.8. The highest BCUT2D eigenvalue weighted by atomic mass is 16.6. The number of amides is 1. The van der Waals surface area contributed by atoms with Gasteiger partial charge in [-0.25, -0.2) is 4.79 Å². The normalized spacial score (nSPS) is 14.6. The third kappa shape index (κ3) is 15.6. The van der Waals surface area contributed by atoms with E-state index in [1.807, 2.05) is 18.2 Å². The van der Waals surface area contributed by atoms with Gasteiger partial charge in [-0.15, -0.1) is 0 Å². The maximum Gasteiger partial charge on any atom is 0.407 e. The van der Waals surface area contributed by atoms with Crippen LogP contribution in [-0.4, -0.2) is 73.5 Å². The predicted molar refractivity (Wildman–Crippen MR) is 164 cm³/mol. The van der Waals surface area contributed by atoms with Gasteiger partial charge in [-0.2, -0.15) is 0 Å². The summed E-state index contributed by atoms with van der Waals surface area (Å²) in [5.74, 6) is -0.131. The van der Waals surface area contributed by atoms with E-state index in [1.165, 1.54) is 0 Å². The van der Waals surface area contributed by atoms with Crippen LogP contribution in [-0.2, 0) is 20.7 Å². The van der Waals surface area contributed by atoms with Crippen LogP contribution in [0.4, 0.5) is 4.79 Å². The van der Waals surface area contributed by atoms with Gasteiger partial charge in [-0.05, 0) is 95.4 Å². The van der Waals surface area contributed by atoms with Crippen LogP contribution in [0.3, 0.4) is 0 Å². The molecule has 0 heterocycles. The van der Waals surface area contributed by atoms with E-state index in [2.05, 4.69) is 19.2 Å². The number of carbonyl (C=O) groups excluding carboxylic acids is 1. The number of aliphatic hydroxyl groups is 1. The smallest absolute Gasteiger partial charge is 0.407 e. The van der Waals surface area contributed by atoms with Gasteiger partial charge in [0.05, 0.1) is 31.3 Å². The van der Waals surface area contributed by atoms with Crippen molar-refractivity contribution in [3.8, 4) is 11.5 Å². The number of methoxy groups -OCH3 is 1. The number of aliphatic hydroxyl groups excluding tert-OH is 1. The van der Waals surface area contributed by atoms with Crippen LogP contribution < -0.4 is 20.5 Å². The van der Waals surface area contributed by atoms with E-state index < -0.39 is 35.7 Å². The Morgan fingerprint density at radius 2 is 1.62 bits per heavy atom. The molecule has 0 bridgehead atoms. The fraction of sp³-hybridized carbons (Fsp3) is 0.750. The summed E-state index contributed by atoms with van der Waals surface area (Å²) < 4.78 is 22.7. The van der Waals surface area contributed by atoms with Crippen molar-refractivity contribution in [1.82, 2.24) is 5.32 Å². The second kappa shape index (κ2) is 19.6. The molecule has 5 N–H and O–H groups in total. The predicted octanol–water partition coefficient (Wildman–Crippen LogP) is 5.18. The molecule has 1 aromatic carbocycles. The molecule has 0 spiro atoms. The number of rotatable bonds is 21. The molecule has 0 unspecified atom stereocenters. The zero-order chi connectivity index (χ0) is 31.7. The van der Waals surface area contributed by atoms with Crippen molar-refractivity contribution in [2.24, 2.45) is 23.5 Å². The highest BCUT2D eigenvalue weighted by Gasteiger charge is 2.31. The molecule has 0 aliphatic heterocycles. The van der Waals surface area contributed by atoms with Crippen LogP contribution in [0.1, 0.15) is 85.6 Å². The topological polar surface area (TPSA) is 150 Å². The number of unbranched alkanes of at least 4 members (excludes halogenated alkanes) is 2. The van der Waals surface area contributed by atoms with E-state index >= 15 is 0 Å². The molecular formula is C32H56N2O8. The SMILES string of the molecule is COCCCOc1cc(C[C@@H](C[C@H](NC(=O)OC(C)(C)C)[C@@H](O)C[C@@H](C)C(=O)O)C(C)C)ccc1OCCCCCN. The molecule has 1 amide bonds.